The summed E-state index contributed by atoms with van der Waals surface area (Å²) in [4.78, 5) is 0. The molecular formula is C8H7N3O. The van der Waals surface area contributed by atoms with Gasteiger partial charge in [0.2, 0.25) is 5.76 Å². The molecule has 0 fully saturated rings. The lowest BCUT2D eigenvalue weighted by atomic mass is 10.1. The molecule has 0 unspecified atom stereocenters. The van der Waals surface area contributed by atoms with Gasteiger partial charge in [0, 0.05) is 11.6 Å². The fourth-order valence-corrected chi connectivity index (χ4v) is 0.820. The summed E-state index contributed by atoms with van der Waals surface area (Å²) in [5.74, 6) is 0.221. The number of hydrogen-bond acceptors (Lipinski definition) is 4. The van der Waals surface area contributed by atoms with Gasteiger partial charge in [-0.3, -0.25) is 0 Å². The zero-order valence-corrected chi connectivity index (χ0v) is 6.32. The van der Waals surface area contributed by atoms with Gasteiger partial charge in [0.15, 0.2) is 0 Å². The molecule has 0 saturated carbocycles. The smallest absolute Gasteiger partial charge is 0.203 e. The fraction of sp³-hybridized carbons (Fsp3) is 0.250. The molecule has 0 spiro atoms. The fourth-order valence-electron chi connectivity index (χ4n) is 0.820. The van der Waals surface area contributed by atoms with E-state index in [1.165, 1.54) is 6.26 Å². The molecule has 1 aromatic rings. The molecule has 0 aliphatic rings. The molecule has 0 aromatic carbocycles. The van der Waals surface area contributed by atoms with Gasteiger partial charge in [-0.05, 0) is 6.07 Å². The minimum absolute atomic E-state index is 0.221. The van der Waals surface area contributed by atoms with Crippen LogP contribution in [0.2, 0.25) is 0 Å². The average molecular weight is 161 g/mol. The van der Waals surface area contributed by atoms with Crippen LogP contribution >= 0.6 is 0 Å². The third-order valence-corrected chi connectivity index (χ3v) is 1.47. The first kappa shape index (κ1) is 8.32. The minimum Gasteiger partial charge on any atom is -0.454 e. The van der Waals surface area contributed by atoms with Gasteiger partial charge in [0.1, 0.15) is 6.07 Å². The monoisotopic (exact) mass is 161 g/mol. The number of nitrogens with zero attached hydrogens (tertiary/aromatic N) is 2. The molecule has 1 aromatic heterocycles. The van der Waals surface area contributed by atoms with E-state index in [0.29, 0.717) is 5.56 Å². The van der Waals surface area contributed by atoms with E-state index in [1.807, 2.05) is 12.1 Å². The van der Waals surface area contributed by atoms with Crippen LogP contribution in [-0.2, 0) is 0 Å². The summed E-state index contributed by atoms with van der Waals surface area (Å²) < 4.78 is 4.83. The van der Waals surface area contributed by atoms with E-state index in [-0.39, 0.29) is 18.2 Å². The second kappa shape index (κ2) is 3.56. The van der Waals surface area contributed by atoms with E-state index in [9.17, 15) is 0 Å². The van der Waals surface area contributed by atoms with Gasteiger partial charge in [-0.25, -0.2) is 0 Å². The topological polar surface area (TPSA) is 86.7 Å². The molecule has 1 heterocycles. The van der Waals surface area contributed by atoms with Crippen molar-refractivity contribution in [3.8, 4) is 12.1 Å². The molecule has 12 heavy (non-hydrogen) atoms. The molecule has 0 bridgehead atoms. The maximum Gasteiger partial charge on any atom is 0.203 e. The van der Waals surface area contributed by atoms with Crippen LogP contribution in [0.25, 0.3) is 0 Å². The van der Waals surface area contributed by atoms with E-state index < -0.39 is 0 Å². The summed E-state index contributed by atoms with van der Waals surface area (Å²) in [6, 6.07) is 4.97. The predicted octanol–water partition coefficient (Wildman–Crippen LogP) is 1.06. The SMILES string of the molecule is N#CC[C@H](N)c1coc(C#N)c1. The van der Waals surface area contributed by atoms with Crippen LogP contribution in [0.1, 0.15) is 23.8 Å². The van der Waals surface area contributed by atoms with Crippen LogP contribution in [0, 0.1) is 22.7 Å². The van der Waals surface area contributed by atoms with Crippen molar-refractivity contribution >= 4 is 0 Å². The Bertz CT molecular complexity index is 342. The Balaban J connectivity index is 2.77. The van der Waals surface area contributed by atoms with Crippen molar-refractivity contribution in [2.45, 2.75) is 12.5 Å². The molecule has 0 amide bonds. The summed E-state index contributed by atoms with van der Waals surface area (Å²) in [5.41, 5.74) is 6.27. The minimum atomic E-state index is -0.360. The first-order valence-electron chi connectivity index (χ1n) is 3.39. The van der Waals surface area contributed by atoms with Crippen LogP contribution < -0.4 is 5.73 Å². The maximum atomic E-state index is 8.41. The number of nitrogens with two attached hydrogens (primary N) is 1. The Kier molecular flexibility index (Phi) is 2.47. The van der Waals surface area contributed by atoms with Crippen LogP contribution in [0.5, 0.6) is 0 Å². The lowest BCUT2D eigenvalue weighted by molar-refractivity contribution is 0.546. The zero-order valence-electron chi connectivity index (χ0n) is 6.32. The third kappa shape index (κ3) is 1.63. The zero-order chi connectivity index (χ0) is 8.97. The standard InChI is InChI=1S/C8H7N3O/c9-2-1-8(11)6-3-7(4-10)12-5-6/h3,5,8H,1,11H2/t8-/m0/s1. The van der Waals surface area contributed by atoms with E-state index in [0.717, 1.165) is 0 Å². The van der Waals surface area contributed by atoms with Gasteiger partial charge in [0.05, 0.1) is 18.8 Å². The van der Waals surface area contributed by atoms with Crippen molar-refractivity contribution in [1.82, 2.24) is 0 Å². The Morgan fingerprint density at radius 1 is 1.58 bits per heavy atom. The van der Waals surface area contributed by atoms with Gasteiger partial charge in [-0.1, -0.05) is 0 Å². The van der Waals surface area contributed by atoms with Gasteiger partial charge >= 0.3 is 0 Å². The second-order valence-corrected chi connectivity index (χ2v) is 2.32. The summed E-state index contributed by atoms with van der Waals surface area (Å²) in [7, 11) is 0. The Morgan fingerprint density at radius 3 is 2.83 bits per heavy atom. The van der Waals surface area contributed by atoms with Gasteiger partial charge in [-0.15, -0.1) is 0 Å². The van der Waals surface area contributed by atoms with Gasteiger partial charge in [-0.2, -0.15) is 10.5 Å². The summed E-state index contributed by atoms with van der Waals surface area (Å²) in [6.07, 6.45) is 1.63. The normalized spacial score (nSPS) is 11.6. The van der Waals surface area contributed by atoms with Crippen LogP contribution in [0.4, 0.5) is 0 Å². The molecule has 1 rings (SSSR count). The van der Waals surface area contributed by atoms with E-state index in [2.05, 4.69) is 0 Å². The largest absolute Gasteiger partial charge is 0.454 e. The van der Waals surface area contributed by atoms with Crippen molar-refractivity contribution in [2.75, 3.05) is 0 Å². The number of nitriles is 2. The lowest BCUT2D eigenvalue weighted by Crippen LogP contribution is -2.07. The molecule has 1 atom stereocenters. The Labute approximate surface area is 69.8 Å². The number of hydrogen-bond donors (Lipinski definition) is 1. The maximum absolute atomic E-state index is 8.41. The summed E-state index contributed by atoms with van der Waals surface area (Å²) >= 11 is 0. The summed E-state index contributed by atoms with van der Waals surface area (Å²) in [5, 5.41) is 16.7. The lowest BCUT2D eigenvalue weighted by Gasteiger charge is -2.00. The summed E-state index contributed by atoms with van der Waals surface area (Å²) in [6.45, 7) is 0. The van der Waals surface area contributed by atoms with E-state index in [1.54, 1.807) is 6.07 Å². The molecule has 60 valence electrons. The predicted molar refractivity (Wildman–Crippen MR) is 40.6 cm³/mol. The highest BCUT2D eigenvalue weighted by molar-refractivity contribution is 5.25. The molecule has 0 radical (unpaired) electrons. The van der Waals surface area contributed by atoms with E-state index in [4.69, 9.17) is 20.7 Å². The van der Waals surface area contributed by atoms with Gasteiger partial charge < -0.3 is 10.2 Å². The highest BCUT2D eigenvalue weighted by Gasteiger charge is 2.08. The molecule has 0 aliphatic heterocycles. The first-order valence-corrected chi connectivity index (χ1v) is 3.39. The van der Waals surface area contributed by atoms with Crippen molar-refractivity contribution in [3.05, 3.63) is 23.7 Å². The Morgan fingerprint density at radius 2 is 2.33 bits per heavy atom. The van der Waals surface area contributed by atoms with Crippen LogP contribution in [-0.4, -0.2) is 0 Å². The number of furan rings is 1. The Hall–Kier alpha value is -1.78. The van der Waals surface area contributed by atoms with Crippen molar-refractivity contribution < 1.29 is 4.42 Å². The van der Waals surface area contributed by atoms with Crippen LogP contribution in [0.3, 0.4) is 0 Å². The average Bonchev–Trinajstić information content (AvgIpc) is 2.52. The first-order chi connectivity index (χ1) is 5.77. The molecule has 0 aliphatic carbocycles. The van der Waals surface area contributed by atoms with E-state index >= 15 is 0 Å². The molecular weight excluding hydrogens is 154 g/mol. The van der Waals surface area contributed by atoms with Crippen molar-refractivity contribution in [1.29, 1.82) is 10.5 Å². The van der Waals surface area contributed by atoms with Crippen molar-refractivity contribution in [2.24, 2.45) is 5.73 Å². The molecule has 2 N–H and O–H groups in total. The van der Waals surface area contributed by atoms with Gasteiger partial charge in [0.25, 0.3) is 0 Å². The highest BCUT2D eigenvalue weighted by atomic mass is 16.3. The molecule has 0 saturated heterocycles. The molecule has 4 nitrogen and oxygen atoms in total. The quantitative estimate of drug-likeness (QED) is 0.702. The second-order valence-electron chi connectivity index (χ2n) is 2.32. The molecule has 4 heteroatoms. The van der Waals surface area contributed by atoms with Crippen LogP contribution in [0.15, 0.2) is 16.7 Å². The third-order valence-electron chi connectivity index (χ3n) is 1.47. The number of rotatable bonds is 2. The van der Waals surface area contributed by atoms with Crippen molar-refractivity contribution in [3.63, 3.8) is 0 Å². The highest BCUT2D eigenvalue weighted by Crippen LogP contribution is 2.16.